The fourth-order valence-electron chi connectivity index (χ4n) is 5.59. The molecule has 4 saturated heterocycles. The SMILES string of the molecule is Cc1ccc([C@@H]2CN(C(=O)Cn3cc(C)cn3)[C@H]3C4CCN(CC4)[C@@H]23)cc1. The minimum atomic E-state index is 0.219. The molecule has 1 amide bonds. The molecule has 2 bridgehead atoms. The molecule has 4 aliphatic rings. The van der Waals surface area contributed by atoms with Crippen LogP contribution in [0.2, 0.25) is 0 Å². The number of carbonyl (C=O) groups is 1. The topological polar surface area (TPSA) is 41.4 Å². The van der Waals surface area contributed by atoms with Gasteiger partial charge in [0.25, 0.3) is 0 Å². The Hall–Kier alpha value is -2.14. The summed E-state index contributed by atoms with van der Waals surface area (Å²) >= 11 is 0. The molecule has 2 aromatic rings. The Morgan fingerprint density at radius 1 is 1.07 bits per heavy atom. The molecule has 3 atom stereocenters. The van der Waals surface area contributed by atoms with Crippen LogP contribution in [0, 0.1) is 19.8 Å². The smallest absolute Gasteiger partial charge is 0.244 e. The fraction of sp³-hybridized carbons (Fsp3) is 0.545. The summed E-state index contributed by atoms with van der Waals surface area (Å²) in [7, 11) is 0. The van der Waals surface area contributed by atoms with Crippen LogP contribution in [0.3, 0.4) is 0 Å². The van der Waals surface area contributed by atoms with Gasteiger partial charge < -0.3 is 4.90 Å². The molecule has 6 rings (SSSR count). The van der Waals surface area contributed by atoms with E-state index in [-0.39, 0.29) is 5.91 Å². The van der Waals surface area contributed by atoms with E-state index in [1.165, 1.54) is 37.1 Å². The third kappa shape index (κ3) is 2.89. The summed E-state index contributed by atoms with van der Waals surface area (Å²) in [6, 6.07) is 9.79. The Morgan fingerprint density at radius 3 is 2.48 bits per heavy atom. The largest absolute Gasteiger partial charge is 0.336 e. The number of hydrogen-bond donors (Lipinski definition) is 0. The average Bonchev–Trinajstić information content (AvgIpc) is 3.28. The molecule has 1 aromatic carbocycles. The van der Waals surface area contributed by atoms with Crippen molar-refractivity contribution in [3.8, 4) is 0 Å². The van der Waals surface area contributed by atoms with Crippen LogP contribution in [0.4, 0.5) is 0 Å². The number of rotatable bonds is 3. The second-order valence-electron chi connectivity index (χ2n) is 8.63. The molecule has 5 nitrogen and oxygen atoms in total. The van der Waals surface area contributed by atoms with Crippen molar-refractivity contribution in [1.82, 2.24) is 19.6 Å². The molecule has 0 unspecified atom stereocenters. The maximum absolute atomic E-state index is 13.2. The van der Waals surface area contributed by atoms with Gasteiger partial charge >= 0.3 is 0 Å². The summed E-state index contributed by atoms with van der Waals surface area (Å²) < 4.78 is 1.78. The lowest BCUT2D eigenvalue weighted by Gasteiger charge is -2.51. The molecule has 27 heavy (non-hydrogen) atoms. The van der Waals surface area contributed by atoms with Gasteiger partial charge in [-0.25, -0.2) is 0 Å². The first kappa shape index (κ1) is 17.0. The molecule has 4 fully saturated rings. The van der Waals surface area contributed by atoms with E-state index >= 15 is 0 Å². The van der Waals surface area contributed by atoms with Crippen molar-refractivity contribution < 1.29 is 4.79 Å². The number of likely N-dealkylation sites (tertiary alicyclic amines) is 1. The first-order valence-corrected chi connectivity index (χ1v) is 10.2. The second-order valence-corrected chi connectivity index (χ2v) is 8.63. The number of benzene rings is 1. The Labute approximate surface area is 161 Å². The summed E-state index contributed by atoms with van der Waals surface area (Å²) in [6.07, 6.45) is 6.24. The van der Waals surface area contributed by atoms with Gasteiger partial charge in [-0.15, -0.1) is 0 Å². The van der Waals surface area contributed by atoms with Gasteiger partial charge in [0.1, 0.15) is 6.54 Å². The van der Waals surface area contributed by atoms with Crippen molar-refractivity contribution in [3.05, 3.63) is 53.3 Å². The molecular formula is C22H28N4O. The van der Waals surface area contributed by atoms with Crippen LogP contribution >= 0.6 is 0 Å². The number of fused-ring (bicyclic) bond motifs is 2. The van der Waals surface area contributed by atoms with Gasteiger partial charge in [-0.3, -0.25) is 14.4 Å². The van der Waals surface area contributed by atoms with Crippen molar-refractivity contribution in [2.75, 3.05) is 19.6 Å². The minimum Gasteiger partial charge on any atom is -0.336 e. The third-order valence-corrected chi connectivity index (χ3v) is 6.88. The minimum absolute atomic E-state index is 0.219. The molecular weight excluding hydrogens is 336 g/mol. The van der Waals surface area contributed by atoms with E-state index in [2.05, 4.69) is 46.1 Å². The fourth-order valence-corrected chi connectivity index (χ4v) is 5.59. The molecule has 0 spiro atoms. The monoisotopic (exact) mass is 364 g/mol. The van der Waals surface area contributed by atoms with E-state index in [0.717, 1.165) is 12.1 Å². The quantitative estimate of drug-likeness (QED) is 0.841. The Bertz CT molecular complexity index is 834. The van der Waals surface area contributed by atoms with Crippen molar-refractivity contribution >= 4 is 5.91 Å². The zero-order valence-corrected chi connectivity index (χ0v) is 16.2. The molecule has 0 aliphatic carbocycles. The van der Waals surface area contributed by atoms with Crippen LogP contribution in [0.1, 0.15) is 35.4 Å². The molecule has 142 valence electrons. The van der Waals surface area contributed by atoms with Gasteiger partial charge in [0.2, 0.25) is 5.91 Å². The molecule has 0 N–H and O–H groups in total. The second kappa shape index (κ2) is 6.48. The van der Waals surface area contributed by atoms with E-state index in [1.807, 2.05) is 19.3 Å². The van der Waals surface area contributed by atoms with E-state index in [1.54, 1.807) is 4.68 Å². The van der Waals surface area contributed by atoms with Crippen LogP contribution in [0.15, 0.2) is 36.7 Å². The summed E-state index contributed by atoms with van der Waals surface area (Å²) in [5.41, 5.74) is 3.77. The van der Waals surface area contributed by atoms with Crippen LogP contribution in [0.5, 0.6) is 0 Å². The highest BCUT2D eigenvalue weighted by Gasteiger charge is 2.54. The number of aryl methyl sites for hydroxylation is 2. The Kier molecular flexibility index (Phi) is 4.08. The number of amides is 1. The van der Waals surface area contributed by atoms with E-state index in [0.29, 0.717) is 30.5 Å². The maximum atomic E-state index is 13.2. The van der Waals surface area contributed by atoms with Gasteiger partial charge in [-0.05, 0) is 56.8 Å². The third-order valence-electron chi connectivity index (χ3n) is 6.88. The highest BCUT2D eigenvalue weighted by Crippen LogP contribution is 2.46. The highest BCUT2D eigenvalue weighted by molar-refractivity contribution is 5.77. The van der Waals surface area contributed by atoms with Gasteiger partial charge in [0.05, 0.1) is 12.2 Å². The highest BCUT2D eigenvalue weighted by atomic mass is 16.2. The molecule has 5 heterocycles. The molecule has 5 heteroatoms. The van der Waals surface area contributed by atoms with Crippen molar-refractivity contribution in [2.24, 2.45) is 5.92 Å². The van der Waals surface area contributed by atoms with Crippen molar-refractivity contribution in [1.29, 1.82) is 0 Å². The lowest BCUT2D eigenvalue weighted by Crippen LogP contribution is -2.61. The first-order valence-electron chi connectivity index (χ1n) is 10.2. The summed E-state index contributed by atoms with van der Waals surface area (Å²) in [6.45, 7) is 7.72. The van der Waals surface area contributed by atoms with Crippen LogP contribution in [0.25, 0.3) is 0 Å². The van der Waals surface area contributed by atoms with Gasteiger partial charge in [0.15, 0.2) is 0 Å². The zero-order valence-electron chi connectivity index (χ0n) is 16.2. The van der Waals surface area contributed by atoms with Crippen LogP contribution in [-0.4, -0.2) is 57.2 Å². The predicted octanol–water partition coefficient (Wildman–Crippen LogP) is 2.59. The van der Waals surface area contributed by atoms with E-state index in [4.69, 9.17) is 0 Å². The van der Waals surface area contributed by atoms with E-state index < -0.39 is 0 Å². The van der Waals surface area contributed by atoms with Crippen molar-refractivity contribution in [3.63, 3.8) is 0 Å². The molecule has 0 radical (unpaired) electrons. The van der Waals surface area contributed by atoms with Gasteiger partial charge in [-0.1, -0.05) is 29.8 Å². The molecule has 4 aliphatic heterocycles. The summed E-state index contributed by atoms with van der Waals surface area (Å²) in [5.74, 6) is 1.29. The first-order chi connectivity index (χ1) is 13.1. The number of carbonyl (C=O) groups excluding carboxylic acids is 1. The normalized spacial score (nSPS) is 31.9. The lowest BCUT2D eigenvalue weighted by molar-refractivity contribution is -0.136. The maximum Gasteiger partial charge on any atom is 0.244 e. The molecule has 0 saturated carbocycles. The van der Waals surface area contributed by atoms with Gasteiger partial charge in [-0.2, -0.15) is 5.10 Å². The Balaban J connectivity index is 1.45. The number of hydrogen-bond acceptors (Lipinski definition) is 3. The average molecular weight is 364 g/mol. The van der Waals surface area contributed by atoms with E-state index in [9.17, 15) is 4.79 Å². The number of nitrogens with zero attached hydrogens (tertiary/aromatic N) is 4. The van der Waals surface area contributed by atoms with Crippen LogP contribution in [-0.2, 0) is 11.3 Å². The lowest BCUT2D eigenvalue weighted by atomic mass is 9.75. The molecule has 1 aromatic heterocycles. The van der Waals surface area contributed by atoms with Crippen LogP contribution < -0.4 is 0 Å². The van der Waals surface area contributed by atoms with Gasteiger partial charge in [0, 0.05) is 24.7 Å². The summed E-state index contributed by atoms with van der Waals surface area (Å²) in [4.78, 5) is 18.1. The Morgan fingerprint density at radius 2 is 1.81 bits per heavy atom. The predicted molar refractivity (Wildman–Crippen MR) is 104 cm³/mol. The zero-order chi connectivity index (χ0) is 18.5. The number of piperidine rings is 3. The number of aromatic nitrogens is 2. The summed E-state index contributed by atoms with van der Waals surface area (Å²) in [5, 5.41) is 4.32. The standard InChI is InChI=1S/C22H28N4O/c1-15-3-5-17(6-4-15)19-13-26(20(27)14-25-12-16(2)11-23-25)21-18-7-9-24(10-8-18)22(19)21/h3-6,11-12,18-19,21-22H,7-10,13-14H2,1-2H3/t19-,21-,22-/m0/s1. The van der Waals surface area contributed by atoms with Crippen molar-refractivity contribution in [2.45, 2.75) is 51.2 Å².